The van der Waals surface area contributed by atoms with Crippen LogP contribution in [0.2, 0.25) is 0 Å². The van der Waals surface area contributed by atoms with E-state index in [1.807, 2.05) is 45.3 Å². The predicted octanol–water partition coefficient (Wildman–Crippen LogP) is 4.20. The van der Waals surface area contributed by atoms with Crippen LogP contribution in [0.4, 0.5) is 28.4 Å². The number of anilines is 5. The van der Waals surface area contributed by atoms with Crippen molar-refractivity contribution in [3.63, 3.8) is 0 Å². The first-order valence-corrected chi connectivity index (χ1v) is 11.0. The fourth-order valence-corrected chi connectivity index (χ4v) is 4.45. The Morgan fingerprint density at radius 3 is 2.82 bits per heavy atom. The van der Waals surface area contributed by atoms with Gasteiger partial charge < -0.3 is 20.4 Å². The van der Waals surface area contributed by atoms with Crippen molar-refractivity contribution < 1.29 is 4.79 Å². The fraction of sp³-hybridized carbons (Fsp3) is 0.320. The molecular formula is C25H29N7O. The van der Waals surface area contributed by atoms with E-state index in [2.05, 4.69) is 57.5 Å². The Hall–Kier alpha value is -3.99. The van der Waals surface area contributed by atoms with Crippen LogP contribution >= 0.6 is 0 Å². The number of allylic oxidation sites excluding steroid dienone is 1. The number of amides is 1. The van der Waals surface area contributed by atoms with E-state index in [-0.39, 0.29) is 11.9 Å². The third kappa shape index (κ3) is 4.22. The molecule has 2 aliphatic heterocycles. The van der Waals surface area contributed by atoms with Crippen LogP contribution in [0.5, 0.6) is 0 Å². The first-order chi connectivity index (χ1) is 15.8. The number of rotatable bonds is 4. The van der Waals surface area contributed by atoms with E-state index < -0.39 is 0 Å². The van der Waals surface area contributed by atoms with Crippen LogP contribution < -0.4 is 20.4 Å². The highest BCUT2D eigenvalue weighted by molar-refractivity contribution is 6.01. The van der Waals surface area contributed by atoms with E-state index in [4.69, 9.17) is 0 Å². The summed E-state index contributed by atoms with van der Waals surface area (Å²) < 4.78 is 0. The third-order valence-corrected chi connectivity index (χ3v) is 6.11. The molecule has 0 aliphatic carbocycles. The standard InChI is InChI=1S/C25H29N7O/c1-16(15-31(5)27-3)19-13-22-23(12-18(19)14-26)32(10-9-30(22)4)21-8-6-7-20-25(21)28-17(2)11-24(33)29-20/h6-8,12-13,15,17,28H,3,9-11H2,1-2,4-5H3,(H,29,33)/b16-15+/t17-/m1/s1. The van der Waals surface area contributed by atoms with Gasteiger partial charge in [-0.1, -0.05) is 6.07 Å². The largest absolute Gasteiger partial charge is 0.379 e. The molecule has 0 bridgehead atoms. The second-order valence-electron chi connectivity index (χ2n) is 8.60. The SMILES string of the molecule is C=NN(C)/C=C(\C)c1cc2c(cc1C#N)N(c1cccc3c1N[C@H](C)CC(=O)N3)CCN2C. The van der Waals surface area contributed by atoms with Gasteiger partial charge >= 0.3 is 0 Å². The number of nitriles is 1. The minimum atomic E-state index is 0.00216. The Balaban J connectivity index is 1.85. The summed E-state index contributed by atoms with van der Waals surface area (Å²) in [6.07, 6.45) is 2.27. The van der Waals surface area contributed by atoms with Gasteiger partial charge in [0.25, 0.3) is 0 Å². The van der Waals surface area contributed by atoms with Crippen LogP contribution in [0.3, 0.4) is 0 Å². The summed E-state index contributed by atoms with van der Waals surface area (Å²) >= 11 is 0. The maximum absolute atomic E-state index is 12.2. The van der Waals surface area contributed by atoms with Gasteiger partial charge in [-0.3, -0.25) is 9.80 Å². The molecule has 8 nitrogen and oxygen atoms in total. The van der Waals surface area contributed by atoms with Crippen molar-refractivity contribution in [3.05, 3.63) is 47.7 Å². The molecule has 1 atom stereocenters. The quantitative estimate of drug-likeness (QED) is 0.544. The molecule has 0 saturated heterocycles. The molecule has 2 aromatic carbocycles. The van der Waals surface area contributed by atoms with E-state index in [0.717, 1.165) is 52.7 Å². The molecule has 33 heavy (non-hydrogen) atoms. The van der Waals surface area contributed by atoms with Gasteiger partial charge in [0.15, 0.2) is 0 Å². The second-order valence-corrected chi connectivity index (χ2v) is 8.60. The number of benzene rings is 2. The summed E-state index contributed by atoms with van der Waals surface area (Å²) in [6, 6.07) is 12.3. The zero-order valence-electron chi connectivity index (χ0n) is 19.5. The summed E-state index contributed by atoms with van der Waals surface area (Å²) in [5, 5.41) is 22.0. The normalized spacial score (nSPS) is 17.7. The molecule has 2 aliphatic rings. The molecule has 2 aromatic rings. The number of para-hydroxylation sites is 1. The lowest BCUT2D eigenvalue weighted by atomic mass is 9.97. The molecule has 0 unspecified atom stereocenters. The molecule has 0 aromatic heterocycles. The lowest BCUT2D eigenvalue weighted by Gasteiger charge is -2.38. The summed E-state index contributed by atoms with van der Waals surface area (Å²) in [4.78, 5) is 16.7. The van der Waals surface area contributed by atoms with Crippen LogP contribution in [0.15, 0.2) is 41.6 Å². The fourth-order valence-electron chi connectivity index (χ4n) is 4.45. The molecule has 1 amide bonds. The molecule has 0 radical (unpaired) electrons. The van der Waals surface area contributed by atoms with E-state index in [1.54, 1.807) is 5.01 Å². The molecule has 0 saturated carbocycles. The number of carbonyl (C=O) groups is 1. The average Bonchev–Trinajstić information content (AvgIpc) is 2.94. The van der Waals surface area contributed by atoms with Crippen molar-refractivity contribution in [2.75, 3.05) is 47.6 Å². The molecule has 0 spiro atoms. The molecule has 8 heteroatoms. The zero-order chi connectivity index (χ0) is 23.7. The monoisotopic (exact) mass is 443 g/mol. The van der Waals surface area contributed by atoms with Gasteiger partial charge in [0.05, 0.1) is 40.1 Å². The topological polar surface area (TPSA) is 87.0 Å². The summed E-state index contributed by atoms with van der Waals surface area (Å²) in [6.45, 7) is 9.10. The summed E-state index contributed by atoms with van der Waals surface area (Å²) in [5.74, 6) is 0.00216. The molecule has 170 valence electrons. The van der Waals surface area contributed by atoms with Gasteiger partial charge in [-0.15, -0.1) is 0 Å². The molecule has 4 rings (SSSR count). The Bertz CT molecular complexity index is 1180. The predicted molar refractivity (Wildman–Crippen MR) is 135 cm³/mol. The van der Waals surface area contributed by atoms with Gasteiger partial charge in [0.1, 0.15) is 0 Å². The van der Waals surface area contributed by atoms with E-state index in [9.17, 15) is 10.1 Å². The highest BCUT2D eigenvalue weighted by Gasteiger charge is 2.28. The van der Waals surface area contributed by atoms with Crippen LogP contribution in [-0.2, 0) is 4.79 Å². The first-order valence-electron chi connectivity index (χ1n) is 11.0. The number of fused-ring (bicyclic) bond motifs is 2. The van der Waals surface area contributed by atoms with Crippen molar-refractivity contribution in [1.82, 2.24) is 5.01 Å². The van der Waals surface area contributed by atoms with Crippen molar-refractivity contribution in [2.45, 2.75) is 26.3 Å². The maximum Gasteiger partial charge on any atom is 0.226 e. The third-order valence-electron chi connectivity index (χ3n) is 6.11. The van der Waals surface area contributed by atoms with Gasteiger partial charge in [0.2, 0.25) is 5.91 Å². The smallest absolute Gasteiger partial charge is 0.226 e. The zero-order valence-corrected chi connectivity index (χ0v) is 19.5. The van der Waals surface area contributed by atoms with Crippen LogP contribution in [-0.4, -0.2) is 50.9 Å². The lowest BCUT2D eigenvalue weighted by molar-refractivity contribution is -0.116. The van der Waals surface area contributed by atoms with Crippen LogP contribution in [0, 0.1) is 11.3 Å². The number of nitrogens with zero attached hydrogens (tertiary/aromatic N) is 5. The van der Waals surface area contributed by atoms with E-state index >= 15 is 0 Å². The number of hydrogen-bond donors (Lipinski definition) is 2. The minimum absolute atomic E-state index is 0.00216. The summed E-state index contributed by atoms with van der Waals surface area (Å²) in [5.41, 5.74) is 7.06. The Morgan fingerprint density at radius 1 is 1.30 bits per heavy atom. The van der Waals surface area contributed by atoms with Crippen LogP contribution in [0.1, 0.15) is 31.4 Å². The number of hydrazone groups is 1. The highest BCUT2D eigenvalue weighted by atomic mass is 16.1. The van der Waals surface area contributed by atoms with E-state index in [1.165, 1.54) is 0 Å². The molecule has 0 fully saturated rings. The average molecular weight is 444 g/mol. The van der Waals surface area contributed by atoms with Crippen molar-refractivity contribution in [1.29, 1.82) is 5.26 Å². The number of hydrogen-bond acceptors (Lipinski definition) is 7. The molecule has 2 N–H and O–H groups in total. The van der Waals surface area contributed by atoms with E-state index in [0.29, 0.717) is 12.0 Å². The second kappa shape index (κ2) is 8.87. The van der Waals surface area contributed by atoms with Gasteiger partial charge in [0, 0.05) is 52.6 Å². The Labute approximate surface area is 194 Å². The Kier molecular flexibility index (Phi) is 5.97. The number of nitrogens with one attached hydrogen (secondary N) is 2. The van der Waals surface area contributed by atoms with Crippen molar-refractivity contribution >= 4 is 46.6 Å². The lowest BCUT2D eigenvalue weighted by Crippen LogP contribution is -2.37. The van der Waals surface area contributed by atoms with Gasteiger partial charge in [-0.2, -0.15) is 10.4 Å². The number of likely N-dealkylation sites (N-methyl/N-ethyl adjacent to an activating group) is 1. The molecular weight excluding hydrogens is 414 g/mol. The van der Waals surface area contributed by atoms with Gasteiger partial charge in [-0.05, 0) is 49.2 Å². The number of carbonyl (C=O) groups excluding carboxylic acids is 1. The minimum Gasteiger partial charge on any atom is -0.379 e. The van der Waals surface area contributed by atoms with Crippen molar-refractivity contribution in [2.24, 2.45) is 5.10 Å². The Morgan fingerprint density at radius 2 is 2.09 bits per heavy atom. The first kappa shape index (κ1) is 22.2. The van der Waals surface area contributed by atoms with Crippen LogP contribution in [0.25, 0.3) is 5.57 Å². The maximum atomic E-state index is 12.2. The molecule has 2 heterocycles. The van der Waals surface area contributed by atoms with Crippen molar-refractivity contribution in [3.8, 4) is 6.07 Å². The highest BCUT2D eigenvalue weighted by Crippen LogP contribution is 2.45. The summed E-state index contributed by atoms with van der Waals surface area (Å²) in [7, 11) is 3.87. The van der Waals surface area contributed by atoms with Gasteiger partial charge in [-0.25, -0.2) is 0 Å².